The number of nitrogens with zero attached hydrogens (tertiary/aromatic N) is 2. The van der Waals surface area contributed by atoms with Crippen molar-refractivity contribution < 1.29 is 4.52 Å². The maximum atomic E-state index is 5.93. The summed E-state index contributed by atoms with van der Waals surface area (Å²) in [4.78, 5) is 0. The van der Waals surface area contributed by atoms with Crippen molar-refractivity contribution in [2.75, 3.05) is 0 Å². The SMILES string of the molecule is Clc1ccc2c(ccn2Cc2ccno2)c1. The highest BCUT2D eigenvalue weighted by Gasteiger charge is 2.04. The molecular weight excluding hydrogens is 224 g/mol. The van der Waals surface area contributed by atoms with Crippen LogP contribution >= 0.6 is 11.6 Å². The minimum absolute atomic E-state index is 0.686. The average Bonchev–Trinajstić information content (AvgIpc) is 2.89. The summed E-state index contributed by atoms with van der Waals surface area (Å²) in [6.45, 7) is 0.686. The molecule has 0 saturated carbocycles. The predicted molar refractivity (Wildman–Crippen MR) is 62.6 cm³/mol. The second-order valence-electron chi connectivity index (χ2n) is 3.63. The zero-order chi connectivity index (χ0) is 11.0. The van der Waals surface area contributed by atoms with Crippen molar-refractivity contribution in [3.63, 3.8) is 0 Å². The van der Waals surface area contributed by atoms with Crippen LogP contribution in [0.3, 0.4) is 0 Å². The van der Waals surface area contributed by atoms with Gasteiger partial charge in [0, 0.05) is 28.2 Å². The summed E-state index contributed by atoms with van der Waals surface area (Å²) < 4.78 is 7.19. The molecule has 3 nitrogen and oxygen atoms in total. The topological polar surface area (TPSA) is 31.0 Å². The monoisotopic (exact) mass is 232 g/mol. The molecule has 0 atom stereocenters. The van der Waals surface area contributed by atoms with Gasteiger partial charge in [-0.3, -0.25) is 0 Å². The van der Waals surface area contributed by atoms with Crippen LogP contribution in [0, 0.1) is 0 Å². The van der Waals surface area contributed by atoms with Crippen molar-refractivity contribution in [1.29, 1.82) is 0 Å². The molecule has 0 bridgehead atoms. The van der Waals surface area contributed by atoms with Crippen LogP contribution < -0.4 is 0 Å². The average molecular weight is 233 g/mol. The van der Waals surface area contributed by atoms with Gasteiger partial charge in [0.1, 0.15) is 0 Å². The van der Waals surface area contributed by atoms with Crippen LogP contribution in [-0.4, -0.2) is 9.72 Å². The summed E-state index contributed by atoms with van der Waals surface area (Å²) >= 11 is 5.93. The van der Waals surface area contributed by atoms with Crippen molar-refractivity contribution in [3.05, 3.63) is 53.5 Å². The van der Waals surface area contributed by atoms with E-state index in [-0.39, 0.29) is 0 Å². The first kappa shape index (κ1) is 9.48. The Morgan fingerprint density at radius 2 is 2.19 bits per heavy atom. The van der Waals surface area contributed by atoms with E-state index in [1.165, 1.54) is 0 Å². The molecule has 0 aliphatic carbocycles. The molecule has 0 unspecified atom stereocenters. The van der Waals surface area contributed by atoms with Gasteiger partial charge in [0.05, 0.1) is 12.7 Å². The van der Waals surface area contributed by atoms with Crippen LogP contribution in [0.25, 0.3) is 10.9 Å². The van der Waals surface area contributed by atoms with Gasteiger partial charge in [0.25, 0.3) is 0 Å². The van der Waals surface area contributed by atoms with Crippen molar-refractivity contribution in [3.8, 4) is 0 Å². The number of fused-ring (bicyclic) bond motifs is 1. The zero-order valence-corrected chi connectivity index (χ0v) is 9.19. The largest absolute Gasteiger partial charge is 0.359 e. The molecule has 0 saturated heterocycles. The Kier molecular flexibility index (Phi) is 2.18. The Morgan fingerprint density at radius 1 is 1.25 bits per heavy atom. The molecule has 0 aliphatic heterocycles. The molecule has 0 fully saturated rings. The van der Waals surface area contributed by atoms with Gasteiger partial charge in [-0.2, -0.15) is 0 Å². The van der Waals surface area contributed by atoms with Crippen LogP contribution in [0.4, 0.5) is 0 Å². The number of benzene rings is 1. The van der Waals surface area contributed by atoms with E-state index in [1.54, 1.807) is 6.20 Å². The van der Waals surface area contributed by atoms with E-state index in [2.05, 4.69) is 9.72 Å². The van der Waals surface area contributed by atoms with Gasteiger partial charge in [0.15, 0.2) is 5.76 Å². The Labute approximate surface area is 97.2 Å². The summed E-state index contributed by atoms with van der Waals surface area (Å²) in [5.74, 6) is 0.840. The summed E-state index contributed by atoms with van der Waals surface area (Å²) in [5.41, 5.74) is 1.14. The standard InChI is InChI=1S/C12H9ClN2O/c13-10-1-2-12-9(7-10)4-6-15(12)8-11-3-5-14-16-11/h1-7H,8H2. The molecule has 0 N–H and O–H groups in total. The second kappa shape index (κ2) is 3.68. The van der Waals surface area contributed by atoms with Crippen molar-refractivity contribution in [2.45, 2.75) is 6.54 Å². The number of aromatic nitrogens is 2. The number of rotatable bonds is 2. The lowest BCUT2D eigenvalue weighted by atomic mass is 10.2. The summed E-state index contributed by atoms with van der Waals surface area (Å²) in [7, 11) is 0. The Balaban J connectivity index is 2.04. The lowest BCUT2D eigenvalue weighted by Crippen LogP contribution is -1.95. The molecule has 2 heterocycles. The van der Waals surface area contributed by atoms with Crippen LogP contribution in [0.2, 0.25) is 5.02 Å². The summed E-state index contributed by atoms with van der Waals surface area (Å²) in [6, 6.07) is 9.75. The number of hydrogen-bond donors (Lipinski definition) is 0. The molecule has 0 spiro atoms. The van der Waals surface area contributed by atoms with Crippen LogP contribution in [0.5, 0.6) is 0 Å². The van der Waals surface area contributed by atoms with E-state index in [9.17, 15) is 0 Å². The fourth-order valence-corrected chi connectivity index (χ4v) is 1.98. The summed E-state index contributed by atoms with van der Waals surface area (Å²) in [6.07, 6.45) is 3.67. The number of hydrogen-bond acceptors (Lipinski definition) is 2. The molecule has 4 heteroatoms. The lowest BCUT2D eigenvalue weighted by Gasteiger charge is -2.01. The molecule has 0 radical (unpaired) electrons. The molecule has 16 heavy (non-hydrogen) atoms. The minimum Gasteiger partial charge on any atom is -0.359 e. The first-order chi connectivity index (χ1) is 7.83. The fraction of sp³-hybridized carbons (Fsp3) is 0.0833. The van der Waals surface area contributed by atoms with Gasteiger partial charge in [0.2, 0.25) is 0 Å². The van der Waals surface area contributed by atoms with Crippen LogP contribution in [0.1, 0.15) is 5.76 Å². The molecule has 3 rings (SSSR count). The third-order valence-electron chi connectivity index (χ3n) is 2.55. The summed E-state index contributed by atoms with van der Waals surface area (Å²) in [5, 5.41) is 5.57. The third-order valence-corrected chi connectivity index (χ3v) is 2.79. The van der Waals surface area contributed by atoms with E-state index in [1.807, 2.05) is 36.5 Å². The Hall–Kier alpha value is -1.74. The lowest BCUT2D eigenvalue weighted by molar-refractivity contribution is 0.378. The van der Waals surface area contributed by atoms with Gasteiger partial charge in [-0.25, -0.2) is 0 Å². The highest BCUT2D eigenvalue weighted by molar-refractivity contribution is 6.31. The molecule has 0 amide bonds. The molecule has 3 aromatic rings. The normalized spacial score (nSPS) is 11.1. The first-order valence-corrected chi connectivity index (χ1v) is 5.35. The maximum Gasteiger partial charge on any atom is 0.156 e. The van der Waals surface area contributed by atoms with Gasteiger partial charge >= 0.3 is 0 Å². The second-order valence-corrected chi connectivity index (χ2v) is 4.06. The molecule has 0 aliphatic rings. The van der Waals surface area contributed by atoms with E-state index in [0.717, 1.165) is 21.7 Å². The third kappa shape index (κ3) is 1.59. The zero-order valence-electron chi connectivity index (χ0n) is 8.43. The molecule has 1 aromatic carbocycles. The van der Waals surface area contributed by atoms with Crippen molar-refractivity contribution in [2.24, 2.45) is 0 Å². The van der Waals surface area contributed by atoms with Crippen LogP contribution in [-0.2, 0) is 6.54 Å². The van der Waals surface area contributed by atoms with E-state index in [4.69, 9.17) is 16.1 Å². The Morgan fingerprint density at radius 3 is 3.00 bits per heavy atom. The van der Waals surface area contributed by atoms with E-state index >= 15 is 0 Å². The van der Waals surface area contributed by atoms with Gasteiger partial charge in [-0.15, -0.1) is 0 Å². The van der Waals surface area contributed by atoms with Gasteiger partial charge in [-0.05, 0) is 24.3 Å². The van der Waals surface area contributed by atoms with Crippen molar-refractivity contribution >= 4 is 22.5 Å². The van der Waals surface area contributed by atoms with Gasteiger partial charge < -0.3 is 9.09 Å². The first-order valence-electron chi connectivity index (χ1n) is 4.97. The highest BCUT2D eigenvalue weighted by Crippen LogP contribution is 2.21. The Bertz CT molecular complexity index is 613. The quantitative estimate of drug-likeness (QED) is 0.679. The van der Waals surface area contributed by atoms with Gasteiger partial charge in [-0.1, -0.05) is 16.8 Å². The predicted octanol–water partition coefficient (Wildman–Crippen LogP) is 3.33. The smallest absolute Gasteiger partial charge is 0.156 e. The van der Waals surface area contributed by atoms with Crippen LogP contribution in [0.15, 0.2) is 47.2 Å². The minimum atomic E-state index is 0.686. The highest BCUT2D eigenvalue weighted by atomic mass is 35.5. The molecular formula is C12H9ClN2O. The van der Waals surface area contributed by atoms with E-state index in [0.29, 0.717) is 6.54 Å². The van der Waals surface area contributed by atoms with E-state index < -0.39 is 0 Å². The fourth-order valence-electron chi connectivity index (χ4n) is 1.80. The molecule has 2 aromatic heterocycles. The van der Waals surface area contributed by atoms with Crippen molar-refractivity contribution in [1.82, 2.24) is 9.72 Å². The molecule has 80 valence electrons. The maximum absolute atomic E-state index is 5.93. The number of halogens is 1.